The van der Waals surface area contributed by atoms with Crippen LogP contribution in [0.25, 0.3) is 0 Å². The van der Waals surface area contributed by atoms with Crippen LogP contribution in [0.3, 0.4) is 0 Å². The molecule has 0 aromatic heterocycles. The minimum absolute atomic E-state index is 0.00107. The van der Waals surface area contributed by atoms with Crippen LogP contribution < -0.4 is 4.74 Å². The molecule has 3 rings (SSSR count). The second kappa shape index (κ2) is 5.99. The summed E-state index contributed by atoms with van der Waals surface area (Å²) < 4.78 is 5.47. The van der Waals surface area contributed by atoms with E-state index in [0.29, 0.717) is 18.3 Å². The summed E-state index contributed by atoms with van der Waals surface area (Å²) in [5, 5.41) is 20.8. The summed E-state index contributed by atoms with van der Waals surface area (Å²) in [5.74, 6) is 1.23. The highest BCUT2D eigenvalue weighted by Gasteiger charge is 2.38. The van der Waals surface area contributed by atoms with Crippen molar-refractivity contribution in [1.29, 1.82) is 0 Å². The molecule has 1 aliphatic heterocycles. The van der Waals surface area contributed by atoms with E-state index in [9.17, 15) is 15.2 Å². The molecule has 2 fully saturated rings. The second-order valence-electron chi connectivity index (χ2n) is 6.01. The van der Waals surface area contributed by atoms with Gasteiger partial charge in [0, 0.05) is 25.2 Å². The van der Waals surface area contributed by atoms with Crippen molar-refractivity contribution in [2.45, 2.75) is 31.4 Å². The van der Waals surface area contributed by atoms with E-state index in [1.165, 1.54) is 31.4 Å². The van der Waals surface area contributed by atoms with Gasteiger partial charge in [0.15, 0.2) is 0 Å². The van der Waals surface area contributed by atoms with Gasteiger partial charge in [0.25, 0.3) is 5.69 Å². The number of likely N-dealkylation sites (tertiary alicyclic amines) is 1. The van der Waals surface area contributed by atoms with E-state index in [4.69, 9.17) is 4.74 Å². The molecule has 114 valence electrons. The molecular formula is C15H20N2O4. The molecular weight excluding hydrogens is 272 g/mol. The fourth-order valence-electron chi connectivity index (χ4n) is 3.45. The summed E-state index contributed by atoms with van der Waals surface area (Å²) in [7, 11) is 0. The maximum Gasteiger partial charge on any atom is 0.273 e. The summed E-state index contributed by atoms with van der Waals surface area (Å²) in [6, 6.07) is 6.67. The van der Waals surface area contributed by atoms with Gasteiger partial charge in [-0.05, 0) is 31.2 Å². The van der Waals surface area contributed by atoms with Crippen molar-refractivity contribution in [3.05, 3.63) is 34.4 Å². The minimum atomic E-state index is -0.566. The predicted octanol–water partition coefficient (Wildman–Crippen LogP) is 1.82. The number of aliphatic hydroxyl groups excluding tert-OH is 1. The molecule has 2 bridgehead atoms. The Bertz CT molecular complexity index is 522. The van der Waals surface area contributed by atoms with Crippen LogP contribution in [0.4, 0.5) is 5.69 Å². The number of hydrogen-bond acceptors (Lipinski definition) is 5. The molecule has 6 nitrogen and oxygen atoms in total. The van der Waals surface area contributed by atoms with Crippen molar-refractivity contribution in [2.24, 2.45) is 5.92 Å². The topological polar surface area (TPSA) is 75.8 Å². The number of nitrogens with zero attached hydrogens (tertiary/aromatic N) is 2. The van der Waals surface area contributed by atoms with Gasteiger partial charge in [-0.25, -0.2) is 0 Å². The van der Waals surface area contributed by atoms with Crippen molar-refractivity contribution < 1.29 is 14.8 Å². The number of rotatable bonds is 6. The summed E-state index contributed by atoms with van der Waals surface area (Å²) in [6.45, 7) is 1.86. The van der Waals surface area contributed by atoms with Gasteiger partial charge in [-0.1, -0.05) is 6.07 Å². The number of nitro groups is 1. The number of ether oxygens (including phenoxy) is 1. The molecule has 3 atom stereocenters. The number of hydrogen-bond donors (Lipinski definition) is 1. The number of piperidine rings is 1. The lowest BCUT2D eigenvalue weighted by Crippen LogP contribution is -2.40. The van der Waals surface area contributed by atoms with E-state index >= 15 is 0 Å². The Morgan fingerprint density at radius 2 is 2.33 bits per heavy atom. The quantitative estimate of drug-likeness (QED) is 0.639. The number of benzene rings is 1. The van der Waals surface area contributed by atoms with Gasteiger partial charge >= 0.3 is 0 Å². The molecule has 1 aromatic carbocycles. The molecule has 1 aromatic rings. The lowest BCUT2D eigenvalue weighted by molar-refractivity contribution is -0.384. The fraction of sp³-hybridized carbons (Fsp3) is 0.600. The lowest BCUT2D eigenvalue weighted by Gasteiger charge is -2.28. The number of aliphatic hydroxyl groups is 1. The first-order valence-electron chi connectivity index (χ1n) is 7.41. The van der Waals surface area contributed by atoms with Gasteiger partial charge in [-0.3, -0.25) is 15.0 Å². The van der Waals surface area contributed by atoms with Gasteiger partial charge in [0.1, 0.15) is 18.5 Å². The smallest absolute Gasteiger partial charge is 0.273 e. The first-order valence-corrected chi connectivity index (χ1v) is 7.41. The number of non-ortho nitro benzene ring substituents is 1. The molecule has 1 aliphatic carbocycles. The third kappa shape index (κ3) is 3.33. The van der Waals surface area contributed by atoms with Crippen LogP contribution in [-0.4, -0.2) is 46.8 Å². The third-order valence-electron chi connectivity index (χ3n) is 4.44. The summed E-state index contributed by atoms with van der Waals surface area (Å²) in [5.41, 5.74) is -0.00107. The summed E-state index contributed by atoms with van der Waals surface area (Å²) in [4.78, 5) is 12.6. The van der Waals surface area contributed by atoms with Crippen molar-refractivity contribution >= 4 is 5.69 Å². The Morgan fingerprint density at radius 1 is 1.48 bits per heavy atom. The van der Waals surface area contributed by atoms with E-state index in [0.717, 1.165) is 12.5 Å². The molecule has 21 heavy (non-hydrogen) atoms. The standard InChI is InChI=1S/C15H20N2O4/c18-14(9-16-8-11-4-5-12(16)6-11)10-21-15-3-1-2-13(7-15)17(19)20/h1-3,7,11-12,14,18H,4-6,8-10H2. The summed E-state index contributed by atoms with van der Waals surface area (Å²) in [6.07, 6.45) is 3.26. The Kier molecular flexibility index (Phi) is 4.07. The van der Waals surface area contributed by atoms with E-state index < -0.39 is 11.0 Å². The number of β-amino-alcohol motifs (C(OH)–C–C–N with tert-alkyl or cyclic N) is 1. The highest BCUT2D eigenvalue weighted by atomic mass is 16.6. The Balaban J connectivity index is 1.48. The zero-order valence-corrected chi connectivity index (χ0v) is 11.9. The van der Waals surface area contributed by atoms with Gasteiger partial charge in [0.2, 0.25) is 0 Å². The first kappa shape index (κ1) is 14.3. The Labute approximate surface area is 123 Å². The maximum absolute atomic E-state index is 10.7. The van der Waals surface area contributed by atoms with Crippen molar-refractivity contribution in [3.8, 4) is 5.75 Å². The highest BCUT2D eigenvalue weighted by molar-refractivity contribution is 5.37. The van der Waals surface area contributed by atoms with Crippen LogP contribution in [0.15, 0.2) is 24.3 Å². The lowest BCUT2D eigenvalue weighted by atomic mass is 10.1. The molecule has 0 spiro atoms. The van der Waals surface area contributed by atoms with Crippen molar-refractivity contribution in [2.75, 3.05) is 19.7 Å². The molecule has 3 unspecified atom stereocenters. The molecule has 6 heteroatoms. The molecule has 0 amide bonds. The zero-order valence-electron chi connectivity index (χ0n) is 11.9. The van der Waals surface area contributed by atoms with Crippen molar-refractivity contribution in [1.82, 2.24) is 4.90 Å². The van der Waals surface area contributed by atoms with Crippen molar-refractivity contribution in [3.63, 3.8) is 0 Å². The van der Waals surface area contributed by atoms with E-state index in [-0.39, 0.29) is 12.3 Å². The molecule has 2 aliphatic rings. The number of nitro benzene ring substituents is 1. The van der Waals surface area contributed by atoms with Gasteiger partial charge in [0.05, 0.1) is 11.0 Å². The second-order valence-corrected chi connectivity index (χ2v) is 6.01. The van der Waals surface area contributed by atoms with Crippen LogP contribution in [0.1, 0.15) is 19.3 Å². The van der Waals surface area contributed by atoms with E-state index in [1.807, 2.05) is 0 Å². The fourth-order valence-corrected chi connectivity index (χ4v) is 3.45. The monoisotopic (exact) mass is 292 g/mol. The largest absolute Gasteiger partial charge is 0.491 e. The van der Waals surface area contributed by atoms with Crippen LogP contribution in [0, 0.1) is 16.0 Å². The average molecular weight is 292 g/mol. The zero-order chi connectivity index (χ0) is 14.8. The van der Waals surface area contributed by atoms with Gasteiger partial charge < -0.3 is 9.84 Å². The average Bonchev–Trinajstić information content (AvgIpc) is 3.08. The van der Waals surface area contributed by atoms with Gasteiger partial charge in [-0.15, -0.1) is 0 Å². The van der Waals surface area contributed by atoms with Crippen LogP contribution in [-0.2, 0) is 0 Å². The molecule has 1 saturated heterocycles. The Morgan fingerprint density at radius 3 is 3.00 bits per heavy atom. The van der Waals surface area contributed by atoms with Crippen LogP contribution >= 0.6 is 0 Å². The SMILES string of the molecule is O=[N+]([O-])c1cccc(OCC(O)CN2CC3CCC2C3)c1. The number of fused-ring (bicyclic) bond motifs is 2. The minimum Gasteiger partial charge on any atom is -0.491 e. The van der Waals surface area contributed by atoms with E-state index in [2.05, 4.69) is 4.90 Å². The van der Waals surface area contributed by atoms with E-state index in [1.54, 1.807) is 12.1 Å². The maximum atomic E-state index is 10.7. The first-order chi connectivity index (χ1) is 10.1. The van der Waals surface area contributed by atoms with Gasteiger partial charge in [-0.2, -0.15) is 0 Å². The van der Waals surface area contributed by atoms with Crippen LogP contribution in [0.5, 0.6) is 5.75 Å². The molecule has 1 N–H and O–H groups in total. The third-order valence-corrected chi connectivity index (χ3v) is 4.44. The predicted molar refractivity (Wildman–Crippen MR) is 77.3 cm³/mol. The molecule has 1 heterocycles. The molecule has 0 radical (unpaired) electrons. The summed E-state index contributed by atoms with van der Waals surface area (Å²) >= 11 is 0. The highest BCUT2D eigenvalue weighted by Crippen LogP contribution is 2.37. The molecule has 1 saturated carbocycles. The van der Waals surface area contributed by atoms with Crippen LogP contribution in [0.2, 0.25) is 0 Å². The normalized spacial score (nSPS) is 26.0. The Hall–Kier alpha value is -1.66.